The molecule has 0 unspecified atom stereocenters. The number of benzene rings is 1. The van der Waals surface area contributed by atoms with Gasteiger partial charge in [0.2, 0.25) is 0 Å². The molecule has 0 aliphatic heterocycles. The Balaban J connectivity index is 2.01. The standard InChI is InChI=1S/C11H11BrF3NO/c12-8-5-7(1-2-9(8)17)6-16-10(3-4-10)11(13,14)15/h1-2,5,16-17H,3-4,6H2. The molecule has 2 rings (SSSR count). The van der Waals surface area contributed by atoms with Gasteiger partial charge in [-0.3, -0.25) is 5.32 Å². The van der Waals surface area contributed by atoms with E-state index in [1.54, 1.807) is 12.1 Å². The lowest BCUT2D eigenvalue weighted by atomic mass is 10.2. The molecule has 0 aromatic heterocycles. The van der Waals surface area contributed by atoms with Crippen LogP contribution in [0, 0.1) is 0 Å². The SMILES string of the molecule is Oc1ccc(CNC2(C(F)(F)F)CC2)cc1Br. The Bertz CT molecular complexity index is 429. The van der Waals surface area contributed by atoms with Crippen LogP contribution in [0.3, 0.4) is 0 Å². The maximum atomic E-state index is 12.6. The van der Waals surface area contributed by atoms with Gasteiger partial charge in [-0.15, -0.1) is 0 Å². The maximum absolute atomic E-state index is 12.6. The topological polar surface area (TPSA) is 32.3 Å². The highest BCUT2D eigenvalue weighted by Crippen LogP contribution is 2.49. The molecule has 0 amide bonds. The number of phenolic OH excluding ortho intramolecular Hbond substituents is 1. The molecule has 1 aliphatic rings. The van der Waals surface area contributed by atoms with Crippen LogP contribution in [0.4, 0.5) is 13.2 Å². The highest BCUT2D eigenvalue weighted by Gasteiger charge is 2.62. The van der Waals surface area contributed by atoms with Gasteiger partial charge in [0.25, 0.3) is 0 Å². The van der Waals surface area contributed by atoms with Gasteiger partial charge in [-0.2, -0.15) is 13.2 Å². The molecule has 0 saturated heterocycles. The lowest BCUT2D eigenvalue weighted by molar-refractivity contribution is -0.166. The van der Waals surface area contributed by atoms with Crippen molar-refractivity contribution in [3.63, 3.8) is 0 Å². The summed E-state index contributed by atoms with van der Waals surface area (Å²) in [7, 11) is 0. The first-order valence-corrected chi connectivity index (χ1v) is 5.92. The van der Waals surface area contributed by atoms with Crippen molar-refractivity contribution in [2.75, 3.05) is 0 Å². The Morgan fingerprint density at radius 2 is 2.00 bits per heavy atom. The molecule has 1 saturated carbocycles. The third-order valence-electron chi connectivity index (χ3n) is 2.94. The molecule has 94 valence electrons. The highest BCUT2D eigenvalue weighted by molar-refractivity contribution is 9.10. The van der Waals surface area contributed by atoms with E-state index in [9.17, 15) is 18.3 Å². The van der Waals surface area contributed by atoms with E-state index in [4.69, 9.17) is 0 Å². The fourth-order valence-electron chi connectivity index (χ4n) is 1.62. The number of aromatic hydroxyl groups is 1. The van der Waals surface area contributed by atoms with Crippen LogP contribution in [0.25, 0.3) is 0 Å². The smallest absolute Gasteiger partial charge is 0.406 e. The van der Waals surface area contributed by atoms with Gasteiger partial charge in [-0.05, 0) is 46.5 Å². The van der Waals surface area contributed by atoms with Gasteiger partial charge in [0.1, 0.15) is 11.3 Å². The molecule has 1 fully saturated rings. The van der Waals surface area contributed by atoms with Crippen LogP contribution in [0.1, 0.15) is 18.4 Å². The summed E-state index contributed by atoms with van der Waals surface area (Å²) >= 11 is 3.12. The highest BCUT2D eigenvalue weighted by atomic mass is 79.9. The van der Waals surface area contributed by atoms with Crippen molar-refractivity contribution in [3.05, 3.63) is 28.2 Å². The van der Waals surface area contributed by atoms with E-state index < -0.39 is 11.7 Å². The van der Waals surface area contributed by atoms with Gasteiger partial charge < -0.3 is 5.11 Å². The number of nitrogens with one attached hydrogen (secondary N) is 1. The molecule has 0 heterocycles. The molecule has 1 aromatic rings. The molecular weight excluding hydrogens is 299 g/mol. The quantitative estimate of drug-likeness (QED) is 0.897. The van der Waals surface area contributed by atoms with Crippen LogP contribution in [-0.2, 0) is 6.54 Å². The molecule has 2 N–H and O–H groups in total. The lowest BCUT2D eigenvalue weighted by Crippen LogP contribution is -2.44. The van der Waals surface area contributed by atoms with Crippen LogP contribution >= 0.6 is 15.9 Å². The van der Waals surface area contributed by atoms with Crippen LogP contribution < -0.4 is 5.32 Å². The maximum Gasteiger partial charge on any atom is 0.406 e. The van der Waals surface area contributed by atoms with Crippen molar-refractivity contribution >= 4 is 15.9 Å². The molecule has 2 nitrogen and oxygen atoms in total. The van der Waals surface area contributed by atoms with Crippen molar-refractivity contribution in [3.8, 4) is 5.75 Å². The third kappa shape index (κ3) is 2.57. The number of hydrogen-bond acceptors (Lipinski definition) is 2. The van der Waals surface area contributed by atoms with E-state index in [2.05, 4.69) is 21.2 Å². The summed E-state index contributed by atoms with van der Waals surface area (Å²) in [4.78, 5) is 0. The van der Waals surface area contributed by atoms with E-state index in [-0.39, 0.29) is 25.1 Å². The Morgan fingerprint density at radius 1 is 1.35 bits per heavy atom. The lowest BCUT2D eigenvalue weighted by Gasteiger charge is -2.20. The minimum absolute atomic E-state index is 0.0747. The second kappa shape index (κ2) is 4.17. The van der Waals surface area contributed by atoms with Crippen LogP contribution in [-0.4, -0.2) is 16.8 Å². The summed E-state index contributed by atoms with van der Waals surface area (Å²) in [5.41, 5.74) is -0.998. The van der Waals surface area contributed by atoms with Gasteiger partial charge in [0.05, 0.1) is 4.47 Å². The van der Waals surface area contributed by atoms with Crippen molar-refractivity contribution in [2.24, 2.45) is 0 Å². The van der Waals surface area contributed by atoms with Crippen LogP contribution in [0.5, 0.6) is 5.75 Å². The second-order valence-corrected chi connectivity index (χ2v) is 5.07. The molecule has 1 aromatic carbocycles. The largest absolute Gasteiger partial charge is 0.507 e. The summed E-state index contributed by atoms with van der Waals surface area (Å²) < 4.78 is 38.4. The number of rotatable bonds is 3. The van der Waals surface area contributed by atoms with E-state index >= 15 is 0 Å². The normalized spacial score (nSPS) is 18.1. The summed E-state index contributed by atoms with van der Waals surface area (Å²) in [6.45, 7) is 0.137. The molecule has 17 heavy (non-hydrogen) atoms. The van der Waals surface area contributed by atoms with Gasteiger partial charge in [0.15, 0.2) is 0 Å². The van der Waals surface area contributed by atoms with E-state index in [1.807, 2.05) is 0 Å². The molecular formula is C11H11BrF3NO. The third-order valence-corrected chi connectivity index (χ3v) is 3.57. The Labute approximate surface area is 105 Å². The fraction of sp³-hybridized carbons (Fsp3) is 0.455. The monoisotopic (exact) mass is 309 g/mol. The van der Waals surface area contributed by atoms with E-state index in [1.165, 1.54) is 6.07 Å². The molecule has 0 atom stereocenters. The van der Waals surface area contributed by atoms with Crippen LogP contribution in [0.2, 0.25) is 0 Å². The summed E-state index contributed by atoms with van der Waals surface area (Å²) in [6, 6.07) is 4.66. The zero-order chi connectivity index (χ0) is 12.7. The Hall–Kier alpha value is -0.750. The zero-order valence-electron chi connectivity index (χ0n) is 8.81. The van der Waals surface area contributed by atoms with Gasteiger partial charge in [-0.1, -0.05) is 6.07 Å². The number of halogens is 4. The van der Waals surface area contributed by atoms with E-state index in [0.717, 1.165) is 0 Å². The van der Waals surface area contributed by atoms with Gasteiger partial charge in [-0.25, -0.2) is 0 Å². The molecule has 0 radical (unpaired) electrons. The first kappa shape index (κ1) is 12.7. The molecule has 0 spiro atoms. The van der Waals surface area contributed by atoms with Gasteiger partial charge >= 0.3 is 6.18 Å². The zero-order valence-corrected chi connectivity index (χ0v) is 10.4. The number of phenols is 1. The van der Waals surface area contributed by atoms with Crippen molar-refractivity contribution in [1.82, 2.24) is 5.32 Å². The minimum atomic E-state index is -4.19. The van der Waals surface area contributed by atoms with E-state index in [0.29, 0.717) is 10.0 Å². The van der Waals surface area contributed by atoms with Crippen molar-refractivity contribution < 1.29 is 18.3 Å². The molecule has 1 aliphatic carbocycles. The van der Waals surface area contributed by atoms with Crippen LogP contribution in [0.15, 0.2) is 22.7 Å². The summed E-state index contributed by atoms with van der Waals surface area (Å²) in [5, 5.41) is 11.8. The minimum Gasteiger partial charge on any atom is -0.507 e. The van der Waals surface area contributed by atoms with Crippen molar-refractivity contribution in [1.29, 1.82) is 0 Å². The fourth-order valence-corrected chi connectivity index (χ4v) is 2.04. The molecule has 6 heteroatoms. The van der Waals surface area contributed by atoms with Crippen molar-refractivity contribution in [2.45, 2.75) is 31.1 Å². The summed E-state index contributed by atoms with van der Waals surface area (Å²) in [5.74, 6) is 0.0747. The van der Waals surface area contributed by atoms with Gasteiger partial charge in [0, 0.05) is 6.54 Å². The first-order valence-electron chi connectivity index (χ1n) is 5.13. The summed E-state index contributed by atoms with van der Waals surface area (Å²) in [6.07, 6.45) is -3.92. The first-order chi connectivity index (χ1) is 7.84. The predicted octanol–water partition coefficient (Wildman–Crippen LogP) is 3.34. The Morgan fingerprint density at radius 3 is 2.47 bits per heavy atom. The average molecular weight is 310 g/mol. The number of alkyl halides is 3. The second-order valence-electron chi connectivity index (χ2n) is 4.22. The average Bonchev–Trinajstić information content (AvgIpc) is 3.00. The molecule has 0 bridgehead atoms. The predicted molar refractivity (Wildman–Crippen MR) is 60.7 cm³/mol. The Kier molecular flexibility index (Phi) is 3.12. The number of hydrogen-bond donors (Lipinski definition) is 2.